The first-order chi connectivity index (χ1) is 8.58. The molecule has 96 valence electrons. The molecule has 0 fully saturated rings. The molecule has 0 amide bonds. The van der Waals surface area contributed by atoms with Crippen molar-refractivity contribution < 1.29 is 9.90 Å². The Morgan fingerprint density at radius 3 is 2.83 bits per heavy atom. The second kappa shape index (κ2) is 5.21. The van der Waals surface area contributed by atoms with Crippen LogP contribution < -0.4 is 5.32 Å². The van der Waals surface area contributed by atoms with Crippen LogP contribution in [0, 0.1) is 13.8 Å². The quantitative estimate of drug-likeness (QED) is 0.805. The van der Waals surface area contributed by atoms with E-state index in [1.165, 1.54) is 0 Å². The van der Waals surface area contributed by atoms with Gasteiger partial charge >= 0.3 is 5.97 Å². The molecule has 0 aromatic carbocycles. The van der Waals surface area contributed by atoms with Gasteiger partial charge in [-0.2, -0.15) is 0 Å². The average Bonchev–Trinajstić information content (AvgIpc) is 2.28. The molecule has 1 aliphatic carbocycles. The van der Waals surface area contributed by atoms with Gasteiger partial charge in [-0.25, -0.2) is 9.78 Å². The van der Waals surface area contributed by atoms with Crippen molar-refractivity contribution in [2.75, 3.05) is 5.32 Å². The molecule has 1 atom stereocenters. The van der Waals surface area contributed by atoms with Crippen molar-refractivity contribution in [1.82, 2.24) is 4.98 Å². The Morgan fingerprint density at radius 2 is 2.22 bits per heavy atom. The van der Waals surface area contributed by atoms with Gasteiger partial charge in [0.15, 0.2) is 0 Å². The number of anilines is 1. The van der Waals surface area contributed by atoms with Crippen molar-refractivity contribution in [3.8, 4) is 0 Å². The van der Waals surface area contributed by atoms with Gasteiger partial charge < -0.3 is 10.4 Å². The Labute approximate surface area is 107 Å². The topological polar surface area (TPSA) is 62.2 Å². The second-order valence-electron chi connectivity index (χ2n) is 4.74. The molecule has 0 spiro atoms. The standard InChI is InChI=1S/C14H18N2O2/c1-9-8-10(2)15-13(12(9)14(17)18)16-11-6-4-3-5-7-11/h3-4,8,11H,5-7H2,1-2H3,(H,15,16)(H,17,18). The highest BCUT2D eigenvalue weighted by Crippen LogP contribution is 2.22. The van der Waals surface area contributed by atoms with Crippen molar-refractivity contribution in [3.05, 3.63) is 35.0 Å². The lowest BCUT2D eigenvalue weighted by atomic mass is 10.0. The lowest BCUT2D eigenvalue weighted by molar-refractivity contribution is 0.0696. The third kappa shape index (κ3) is 2.70. The highest BCUT2D eigenvalue weighted by atomic mass is 16.4. The van der Waals surface area contributed by atoms with Gasteiger partial charge in [0.2, 0.25) is 0 Å². The molecule has 1 heterocycles. The first kappa shape index (κ1) is 12.6. The van der Waals surface area contributed by atoms with Crippen LogP contribution in [0.1, 0.15) is 40.9 Å². The van der Waals surface area contributed by atoms with Crippen molar-refractivity contribution in [1.29, 1.82) is 0 Å². The van der Waals surface area contributed by atoms with E-state index >= 15 is 0 Å². The van der Waals surface area contributed by atoms with Crippen LogP contribution in [0.2, 0.25) is 0 Å². The number of nitrogens with zero attached hydrogens (tertiary/aromatic N) is 1. The van der Waals surface area contributed by atoms with E-state index in [1.54, 1.807) is 6.07 Å². The maximum atomic E-state index is 11.3. The minimum atomic E-state index is -0.922. The lowest BCUT2D eigenvalue weighted by Crippen LogP contribution is -2.23. The predicted octanol–water partition coefficient (Wildman–Crippen LogP) is 2.92. The zero-order valence-electron chi connectivity index (χ0n) is 10.7. The number of aromatic carboxylic acids is 1. The summed E-state index contributed by atoms with van der Waals surface area (Å²) in [7, 11) is 0. The van der Waals surface area contributed by atoms with Crippen LogP contribution in [0.3, 0.4) is 0 Å². The zero-order valence-corrected chi connectivity index (χ0v) is 10.7. The number of rotatable bonds is 3. The van der Waals surface area contributed by atoms with Gasteiger partial charge in [-0.3, -0.25) is 0 Å². The van der Waals surface area contributed by atoms with E-state index in [4.69, 9.17) is 0 Å². The number of pyridine rings is 1. The van der Waals surface area contributed by atoms with E-state index in [0.717, 1.165) is 30.5 Å². The molecule has 0 radical (unpaired) electrons. The molecule has 1 aliphatic rings. The smallest absolute Gasteiger partial charge is 0.339 e. The highest BCUT2D eigenvalue weighted by molar-refractivity contribution is 5.94. The van der Waals surface area contributed by atoms with Crippen LogP contribution in [0.4, 0.5) is 5.82 Å². The molecule has 0 aliphatic heterocycles. The zero-order chi connectivity index (χ0) is 13.1. The molecule has 1 aromatic rings. The summed E-state index contributed by atoms with van der Waals surface area (Å²) < 4.78 is 0. The normalized spacial score (nSPS) is 18.7. The largest absolute Gasteiger partial charge is 0.478 e. The summed E-state index contributed by atoms with van der Waals surface area (Å²) in [6.45, 7) is 3.69. The molecule has 0 saturated heterocycles. The first-order valence-electron chi connectivity index (χ1n) is 6.21. The van der Waals surface area contributed by atoms with Gasteiger partial charge in [0.05, 0.1) is 0 Å². The number of carboxylic acid groups (broad SMARTS) is 1. The Bertz CT molecular complexity index is 495. The summed E-state index contributed by atoms with van der Waals surface area (Å²) in [6, 6.07) is 2.08. The average molecular weight is 246 g/mol. The Kier molecular flexibility index (Phi) is 3.65. The molecular weight excluding hydrogens is 228 g/mol. The first-order valence-corrected chi connectivity index (χ1v) is 6.21. The Balaban J connectivity index is 2.30. The van der Waals surface area contributed by atoms with Crippen molar-refractivity contribution in [2.24, 2.45) is 0 Å². The number of aromatic nitrogens is 1. The van der Waals surface area contributed by atoms with E-state index < -0.39 is 5.97 Å². The van der Waals surface area contributed by atoms with E-state index in [0.29, 0.717) is 5.82 Å². The predicted molar refractivity (Wildman–Crippen MR) is 71.1 cm³/mol. The van der Waals surface area contributed by atoms with Crippen LogP contribution in [0.15, 0.2) is 18.2 Å². The summed E-state index contributed by atoms with van der Waals surface area (Å²) in [5.74, 6) is -0.422. The minimum Gasteiger partial charge on any atom is -0.478 e. The summed E-state index contributed by atoms with van der Waals surface area (Å²) in [4.78, 5) is 15.6. The van der Waals surface area contributed by atoms with Gasteiger partial charge in [0.25, 0.3) is 0 Å². The van der Waals surface area contributed by atoms with Gasteiger partial charge in [-0.1, -0.05) is 12.2 Å². The van der Waals surface area contributed by atoms with Gasteiger partial charge in [-0.05, 0) is 44.7 Å². The molecule has 0 bridgehead atoms. The molecule has 4 nitrogen and oxygen atoms in total. The monoisotopic (exact) mass is 246 g/mol. The molecular formula is C14H18N2O2. The fourth-order valence-electron chi connectivity index (χ4n) is 2.33. The maximum Gasteiger partial charge on any atom is 0.339 e. The van der Waals surface area contributed by atoms with Crippen molar-refractivity contribution in [2.45, 2.75) is 39.2 Å². The molecule has 1 aromatic heterocycles. The van der Waals surface area contributed by atoms with Crippen LogP contribution >= 0.6 is 0 Å². The fraction of sp³-hybridized carbons (Fsp3) is 0.429. The minimum absolute atomic E-state index is 0.279. The summed E-state index contributed by atoms with van der Waals surface area (Å²) in [5.41, 5.74) is 1.88. The third-order valence-corrected chi connectivity index (χ3v) is 3.17. The van der Waals surface area contributed by atoms with Gasteiger partial charge in [-0.15, -0.1) is 0 Å². The number of allylic oxidation sites excluding steroid dienone is 1. The van der Waals surface area contributed by atoms with E-state index in [9.17, 15) is 9.90 Å². The number of hydrogen-bond acceptors (Lipinski definition) is 3. The van der Waals surface area contributed by atoms with Gasteiger partial charge in [0.1, 0.15) is 11.4 Å². The van der Waals surface area contributed by atoms with Crippen molar-refractivity contribution >= 4 is 11.8 Å². The third-order valence-electron chi connectivity index (χ3n) is 3.17. The molecule has 2 N–H and O–H groups in total. The summed E-state index contributed by atoms with van der Waals surface area (Å²) >= 11 is 0. The van der Waals surface area contributed by atoms with Crippen LogP contribution in [-0.2, 0) is 0 Å². The Hall–Kier alpha value is -1.84. The fourth-order valence-corrected chi connectivity index (χ4v) is 2.33. The summed E-state index contributed by atoms with van der Waals surface area (Å²) in [6.07, 6.45) is 7.26. The lowest BCUT2D eigenvalue weighted by Gasteiger charge is -2.21. The highest BCUT2D eigenvalue weighted by Gasteiger charge is 2.18. The van der Waals surface area contributed by atoms with Crippen LogP contribution in [-0.4, -0.2) is 22.1 Å². The summed E-state index contributed by atoms with van der Waals surface area (Å²) in [5, 5.41) is 12.5. The number of carbonyl (C=O) groups is 1. The van der Waals surface area contributed by atoms with Gasteiger partial charge in [0, 0.05) is 11.7 Å². The molecule has 0 saturated carbocycles. The Morgan fingerprint density at radius 1 is 1.44 bits per heavy atom. The number of hydrogen-bond donors (Lipinski definition) is 2. The van der Waals surface area contributed by atoms with Crippen molar-refractivity contribution in [3.63, 3.8) is 0 Å². The second-order valence-corrected chi connectivity index (χ2v) is 4.74. The van der Waals surface area contributed by atoms with E-state index in [1.807, 2.05) is 13.8 Å². The number of aryl methyl sites for hydroxylation is 2. The molecule has 1 unspecified atom stereocenters. The molecule has 2 rings (SSSR count). The molecule has 4 heteroatoms. The number of nitrogens with one attached hydrogen (secondary N) is 1. The van der Waals surface area contributed by atoms with E-state index in [2.05, 4.69) is 22.5 Å². The van der Waals surface area contributed by atoms with Crippen LogP contribution in [0.25, 0.3) is 0 Å². The van der Waals surface area contributed by atoms with E-state index in [-0.39, 0.29) is 11.6 Å². The SMILES string of the molecule is Cc1cc(C)c(C(=O)O)c(NC2CC=CCC2)n1. The molecule has 18 heavy (non-hydrogen) atoms. The van der Waals surface area contributed by atoms with Crippen LogP contribution in [0.5, 0.6) is 0 Å². The maximum absolute atomic E-state index is 11.3. The number of carboxylic acids is 1.